The first-order valence-electron chi connectivity index (χ1n) is 5.95. The summed E-state index contributed by atoms with van der Waals surface area (Å²) in [6.07, 6.45) is 5.04. The molecular weight excluding hydrogens is 184 g/mol. The topological polar surface area (TPSA) is 29.3 Å². The molecule has 0 atom stereocenters. The Hall–Kier alpha value is -1.18. The summed E-state index contributed by atoms with van der Waals surface area (Å²) in [6.45, 7) is 4.55. The first-order valence-corrected chi connectivity index (χ1v) is 5.95. The van der Waals surface area contributed by atoms with Crippen molar-refractivity contribution in [3.05, 3.63) is 23.8 Å². The summed E-state index contributed by atoms with van der Waals surface area (Å²) in [7, 11) is 0. The van der Waals surface area contributed by atoms with Crippen molar-refractivity contribution in [1.29, 1.82) is 0 Å². The molecule has 15 heavy (non-hydrogen) atoms. The lowest BCUT2D eigenvalue weighted by Gasteiger charge is -2.20. The smallest absolute Gasteiger partial charge is 0.0633 e. The highest BCUT2D eigenvalue weighted by atomic mass is 15.2. The van der Waals surface area contributed by atoms with Crippen molar-refractivity contribution in [2.75, 3.05) is 23.7 Å². The number of benzene rings is 1. The van der Waals surface area contributed by atoms with Gasteiger partial charge in [-0.05, 0) is 24.5 Å². The third-order valence-corrected chi connectivity index (χ3v) is 3.15. The van der Waals surface area contributed by atoms with E-state index in [1.165, 1.54) is 30.5 Å². The van der Waals surface area contributed by atoms with E-state index in [9.17, 15) is 0 Å². The third kappa shape index (κ3) is 2.09. The molecule has 1 aromatic rings. The number of anilines is 2. The maximum Gasteiger partial charge on any atom is 0.0633 e. The molecule has 82 valence electrons. The molecule has 0 amide bonds. The summed E-state index contributed by atoms with van der Waals surface area (Å²) in [5.74, 6) is 0. The summed E-state index contributed by atoms with van der Waals surface area (Å²) < 4.78 is 0. The molecule has 2 rings (SSSR count). The van der Waals surface area contributed by atoms with Crippen molar-refractivity contribution in [3.8, 4) is 0 Å². The van der Waals surface area contributed by atoms with Crippen molar-refractivity contribution in [3.63, 3.8) is 0 Å². The number of hydrogen-bond acceptors (Lipinski definition) is 2. The van der Waals surface area contributed by atoms with E-state index in [1.807, 2.05) is 6.07 Å². The molecule has 2 heteroatoms. The van der Waals surface area contributed by atoms with E-state index in [-0.39, 0.29) is 0 Å². The zero-order valence-corrected chi connectivity index (χ0v) is 9.50. The fourth-order valence-corrected chi connectivity index (χ4v) is 2.34. The number of unbranched alkanes of at least 4 members (excludes halogenated alkanes) is 2. The Morgan fingerprint density at radius 1 is 1.33 bits per heavy atom. The quantitative estimate of drug-likeness (QED) is 0.603. The SMILES string of the molecule is CCCCCN1CCc2cccc(N)c21. The van der Waals surface area contributed by atoms with Gasteiger partial charge in [0, 0.05) is 13.1 Å². The molecule has 0 saturated carbocycles. The Balaban J connectivity index is 2.07. The van der Waals surface area contributed by atoms with Gasteiger partial charge in [0.05, 0.1) is 11.4 Å². The van der Waals surface area contributed by atoms with Crippen LogP contribution >= 0.6 is 0 Å². The molecule has 0 saturated heterocycles. The number of fused-ring (bicyclic) bond motifs is 1. The largest absolute Gasteiger partial charge is 0.397 e. The summed E-state index contributed by atoms with van der Waals surface area (Å²) in [5, 5.41) is 0. The highest BCUT2D eigenvalue weighted by Gasteiger charge is 2.20. The molecule has 0 aliphatic carbocycles. The number of nitrogens with zero attached hydrogens (tertiary/aromatic N) is 1. The minimum absolute atomic E-state index is 0.946. The van der Waals surface area contributed by atoms with Crippen molar-refractivity contribution in [2.45, 2.75) is 32.6 Å². The van der Waals surface area contributed by atoms with Crippen LogP contribution in [-0.2, 0) is 6.42 Å². The lowest BCUT2D eigenvalue weighted by atomic mass is 10.1. The lowest BCUT2D eigenvalue weighted by molar-refractivity contribution is 0.688. The zero-order chi connectivity index (χ0) is 10.7. The Bertz CT molecular complexity index is 333. The molecule has 1 aliphatic heterocycles. The molecule has 0 aromatic heterocycles. The van der Waals surface area contributed by atoms with Gasteiger partial charge in [-0.3, -0.25) is 0 Å². The Labute approximate surface area is 92.1 Å². The van der Waals surface area contributed by atoms with Crippen LogP contribution in [0.15, 0.2) is 18.2 Å². The molecule has 2 N–H and O–H groups in total. The maximum absolute atomic E-state index is 6.02. The molecular formula is C13H20N2. The number of hydrogen-bond donors (Lipinski definition) is 1. The number of nitrogens with two attached hydrogens (primary N) is 1. The predicted molar refractivity (Wildman–Crippen MR) is 66.3 cm³/mol. The van der Waals surface area contributed by atoms with Gasteiger partial charge < -0.3 is 10.6 Å². The van der Waals surface area contributed by atoms with Crippen LogP contribution in [0, 0.1) is 0 Å². The van der Waals surface area contributed by atoms with Gasteiger partial charge in [0.1, 0.15) is 0 Å². The van der Waals surface area contributed by atoms with Crippen LogP contribution in [0.2, 0.25) is 0 Å². The standard InChI is InChI=1S/C13H20N2/c1-2-3-4-9-15-10-8-11-6-5-7-12(14)13(11)15/h5-7H,2-4,8-10,14H2,1H3. The summed E-state index contributed by atoms with van der Waals surface area (Å²) in [6, 6.07) is 6.27. The molecule has 0 spiro atoms. The van der Waals surface area contributed by atoms with E-state index < -0.39 is 0 Å². The molecule has 0 bridgehead atoms. The van der Waals surface area contributed by atoms with Gasteiger partial charge in [-0.15, -0.1) is 0 Å². The molecule has 0 unspecified atom stereocenters. The van der Waals surface area contributed by atoms with E-state index in [4.69, 9.17) is 5.73 Å². The fourth-order valence-electron chi connectivity index (χ4n) is 2.34. The first kappa shape index (κ1) is 10.3. The monoisotopic (exact) mass is 204 g/mol. The molecule has 2 nitrogen and oxygen atoms in total. The highest BCUT2D eigenvalue weighted by Crippen LogP contribution is 2.33. The van der Waals surface area contributed by atoms with Gasteiger partial charge in [0.25, 0.3) is 0 Å². The van der Waals surface area contributed by atoms with Gasteiger partial charge in [0.15, 0.2) is 0 Å². The van der Waals surface area contributed by atoms with Gasteiger partial charge >= 0.3 is 0 Å². The van der Waals surface area contributed by atoms with Crippen molar-refractivity contribution >= 4 is 11.4 Å². The van der Waals surface area contributed by atoms with Gasteiger partial charge in [0.2, 0.25) is 0 Å². The van der Waals surface area contributed by atoms with Gasteiger partial charge in [-0.2, -0.15) is 0 Å². The third-order valence-electron chi connectivity index (χ3n) is 3.15. The van der Waals surface area contributed by atoms with E-state index in [0.29, 0.717) is 0 Å². The van der Waals surface area contributed by atoms with E-state index in [2.05, 4.69) is 24.0 Å². The molecule has 0 radical (unpaired) electrons. The van der Waals surface area contributed by atoms with Crippen molar-refractivity contribution in [2.24, 2.45) is 0 Å². The summed E-state index contributed by atoms with van der Waals surface area (Å²) in [4.78, 5) is 2.44. The second-order valence-corrected chi connectivity index (χ2v) is 4.30. The van der Waals surface area contributed by atoms with Crippen molar-refractivity contribution in [1.82, 2.24) is 0 Å². The highest BCUT2D eigenvalue weighted by molar-refractivity contribution is 5.74. The fraction of sp³-hybridized carbons (Fsp3) is 0.538. The minimum Gasteiger partial charge on any atom is -0.397 e. The molecule has 1 heterocycles. The van der Waals surface area contributed by atoms with E-state index in [1.54, 1.807) is 0 Å². The van der Waals surface area contributed by atoms with Crippen LogP contribution in [0.4, 0.5) is 11.4 Å². The Kier molecular flexibility index (Phi) is 3.14. The zero-order valence-electron chi connectivity index (χ0n) is 9.50. The van der Waals surface area contributed by atoms with Gasteiger partial charge in [-0.25, -0.2) is 0 Å². The molecule has 1 aromatic carbocycles. The van der Waals surface area contributed by atoms with Crippen LogP contribution in [0.3, 0.4) is 0 Å². The normalized spacial score (nSPS) is 14.3. The maximum atomic E-state index is 6.02. The molecule has 1 aliphatic rings. The molecule has 0 fully saturated rings. The van der Waals surface area contributed by atoms with E-state index in [0.717, 1.165) is 25.2 Å². The van der Waals surface area contributed by atoms with Crippen LogP contribution < -0.4 is 10.6 Å². The second kappa shape index (κ2) is 4.56. The Morgan fingerprint density at radius 3 is 3.00 bits per heavy atom. The number of nitrogen functional groups attached to an aromatic ring is 1. The average Bonchev–Trinajstić information content (AvgIpc) is 2.63. The van der Waals surface area contributed by atoms with Crippen LogP contribution in [0.5, 0.6) is 0 Å². The first-order chi connectivity index (χ1) is 7.33. The van der Waals surface area contributed by atoms with Gasteiger partial charge in [-0.1, -0.05) is 31.9 Å². The van der Waals surface area contributed by atoms with Crippen LogP contribution in [0.25, 0.3) is 0 Å². The van der Waals surface area contributed by atoms with Crippen molar-refractivity contribution < 1.29 is 0 Å². The minimum atomic E-state index is 0.946. The lowest BCUT2D eigenvalue weighted by Crippen LogP contribution is -2.22. The number of para-hydroxylation sites is 1. The summed E-state index contributed by atoms with van der Waals surface area (Å²) >= 11 is 0. The number of rotatable bonds is 4. The second-order valence-electron chi connectivity index (χ2n) is 4.30. The van der Waals surface area contributed by atoms with Crippen LogP contribution in [0.1, 0.15) is 31.7 Å². The summed E-state index contributed by atoms with van der Waals surface area (Å²) in [5.41, 5.74) is 9.69. The van der Waals surface area contributed by atoms with Crippen LogP contribution in [-0.4, -0.2) is 13.1 Å². The average molecular weight is 204 g/mol. The predicted octanol–water partition coefficient (Wildman–Crippen LogP) is 2.82. The Morgan fingerprint density at radius 2 is 2.20 bits per heavy atom. The van der Waals surface area contributed by atoms with E-state index >= 15 is 0 Å².